The summed E-state index contributed by atoms with van der Waals surface area (Å²) < 4.78 is 58.9. The number of β-amino-alcohol motifs (C(OH)–C–C–N with tert-alkyl or cyclic N) is 1. The number of hydrazine groups is 2. The second-order valence-electron chi connectivity index (χ2n) is 9.98. The number of pyridine rings is 1. The highest BCUT2D eigenvalue weighted by Crippen LogP contribution is 2.38. The van der Waals surface area contributed by atoms with Gasteiger partial charge in [-0.3, -0.25) is 15.2 Å². The van der Waals surface area contributed by atoms with Crippen molar-refractivity contribution in [1.29, 1.82) is 0 Å². The molecule has 1 unspecified atom stereocenters. The first kappa shape index (κ1) is 27.2. The first-order chi connectivity index (χ1) is 19.8. The van der Waals surface area contributed by atoms with Crippen molar-refractivity contribution in [3.8, 4) is 0 Å². The van der Waals surface area contributed by atoms with Crippen molar-refractivity contribution in [2.24, 2.45) is 0 Å². The van der Waals surface area contributed by atoms with Crippen molar-refractivity contribution >= 4 is 17.3 Å². The first-order valence-electron chi connectivity index (χ1n) is 13.0. The number of carbonyl (C=O) groups is 1. The van der Waals surface area contributed by atoms with E-state index in [0.717, 1.165) is 34.5 Å². The van der Waals surface area contributed by atoms with E-state index in [0.29, 0.717) is 25.3 Å². The summed E-state index contributed by atoms with van der Waals surface area (Å²) in [6.07, 6.45) is 1.54. The molecule has 0 bridgehead atoms. The number of carbonyl (C=O) groups excluding carboxylic acids is 1. The number of halogens is 4. The third-order valence-electron chi connectivity index (χ3n) is 7.33. The zero-order valence-corrected chi connectivity index (χ0v) is 21.6. The van der Waals surface area contributed by atoms with E-state index in [9.17, 15) is 27.5 Å². The smallest absolute Gasteiger partial charge is 0.272 e. The summed E-state index contributed by atoms with van der Waals surface area (Å²) >= 11 is 0. The first-order valence-corrected chi connectivity index (χ1v) is 13.0. The number of hydrogen-bond donors (Lipinski definition) is 5. The molecular formula is C27H27F4N7O3. The van der Waals surface area contributed by atoms with Gasteiger partial charge in [0.2, 0.25) is 0 Å². The summed E-state index contributed by atoms with van der Waals surface area (Å²) in [7, 11) is 0. The number of allylic oxidation sites excluding steroid dienone is 2. The molecule has 2 saturated heterocycles. The molecule has 4 aliphatic rings. The Labute approximate surface area is 232 Å². The highest BCUT2D eigenvalue weighted by Gasteiger charge is 2.38. The minimum Gasteiger partial charge on any atom is -0.486 e. The number of aliphatic hydroxyl groups is 1. The molecule has 1 aromatic carbocycles. The van der Waals surface area contributed by atoms with Gasteiger partial charge in [-0.1, -0.05) is 6.07 Å². The Balaban J connectivity index is 1.16. The molecule has 2 fully saturated rings. The Kier molecular flexibility index (Phi) is 7.38. The predicted molar refractivity (Wildman–Crippen MR) is 140 cm³/mol. The monoisotopic (exact) mass is 573 g/mol. The van der Waals surface area contributed by atoms with E-state index in [1.807, 2.05) is 11.0 Å². The number of nitrogens with zero attached hydrogens (tertiary/aromatic N) is 3. The van der Waals surface area contributed by atoms with Crippen molar-refractivity contribution in [2.45, 2.75) is 31.2 Å². The predicted octanol–water partition coefficient (Wildman–Crippen LogP) is 1.76. The van der Waals surface area contributed by atoms with Crippen LogP contribution in [0.1, 0.15) is 22.3 Å². The molecule has 1 aromatic heterocycles. The number of benzene rings is 1. The summed E-state index contributed by atoms with van der Waals surface area (Å²) in [5, 5.41) is 15.0. The molecular weight excluding hydrogens is 546 g/mol. The van der Waals surface area contributed by atoms with Gasteiger partial charge in [-0.2, -0.15) is 0 Å². The van der Waals surface area contributed by atoms with Gasteiger partial charge in [0.15, 0.2) is 0 Å². The quantitative estimate of drug-likeness (QED) is 0.316. The zero-order chi connectivity index (χ0) is 28.7. The lowest BCUT2D eigenvalue weighted by atomic mass is 9.97. The van der Waals surface area contributed by atoms with Gasteiger partial charge in [0.1, 0.15) is 41.5 Å². The molecule has 5 N–H and O–H groups in total. The van der Waals surface area contributed by atoms with Crippen LogP contribution in [-0.2, 0) is 4.74 Å². The van der Waals surface area contributed by atoms with Crippen molar-refractivity contribution < 1.29 is 32.2 Å². The summed E-state index contributed by atoms with van der Waals surface area (Å²) in [4.78, 5) is 18.9. The van der Waals surface area contributed by atoms with Gasteiger partial charge < -0.3 is 20.1 Å². The number of ether oxygens (including phenoxy) is 1. The third-order valence-corrected chi connectivity index (χ3v) is 7.33. The van der Waals surface area contributed by atoms with Gasteiger partial charge >= 0.3 is 0 Å². The van der Waals surface area contributed by atoms with Crippen LogP contribution in [0.3, 0.4) is 0 Å². The van der Waals surface area contributed by atoms with Crippen LogP contribution in [0, 0.1) is 11.6 Å². The van der Waals surface area contributed by atoms with Crippen LogP contribution in [0.15, 0.2) is 65.8 Å². The number of rotatable bonds is 7. The van der Waals surface area contributed by atoms with Crippen LogP contribution in [0.2, 0.25) is 0 Å². The number of alkyl halides is 2. The highest BCUT2D eigenvalue weighted by molar-refractivity contribution is 5.95. The highest BCUT2D eigenvalue weighted by atomic mass is 19.3. The average molecular weight is 574 g/mol. The molecule has 216 valence electrons. The Morgan fingerprint density at radius 1 is 1.22 bits per heavy atom. The van der Waals surface area contributed by atoms with Gasteiger partial charge in [0.05, 0.1) is 24.0 Å². The largest absolute Gasteiger partial charge is 0.486 e. The standard InChI is InChI=1S/C27H27F4N7O3/c28-18-2-1-3-19(29)24(18)27(40)34-20-6-7-37(12-21(20)39)23-5-4-14(9-32-23)16-8-15(41-13-22(30)31)11-38-25(16)17-10-33-35-26(17)36-38/h1-5,8-9,11,20-22,26,33,35-36,39H,6-7,10,12-13H2,(H,34,40)/t20-,21+,26?/m0/s1. The van der Waals surface area contributed by atoms with Crippen LogP contribution >= 0.6 is 0 Å². The fourth-order valence-corrected chi connectivity index (χ4v) is 5.36. The molecule has 0 saturated carbocycles. The van der Waals surface area contributed by atoms with E-state index in [-0.39, 0.29) is 18.5 Å². The number of nitrogens with one attached hydrogen (secondary N) is 4. The van der Waals surface area contributed by atoms with Crippen LogP contribution in [-0.4, -0.2) is 72.0 Å². The maximum atomic E-state index is 14.0. The lowest BCUT2D eigenvalue weighted by molar-refractivity contribution is 0.0505. The number of aromatic nitrogens is 1. The van der Waals surface area contributed by atoms with Gasteiger partial charge in [-0.25, -0.2) is 33.4 Å². The van der Waals surface area contributed by atoms with Crippen molar-refractivity contribution in [1.82, 2.24) is 31.6 Å². The Morgan fingerprint density at radius 2 is 2.02 bits per heavy atom. The molecule has 3 atom stereocenters. The fraction of sp³-hybridized carbons (Fsp3) is 0.333. The van der Waals surface area contributed by atoms with E-state index >= 15 is 0 Å². The van der Waals surface area contributed by atoms with Gasteiger partial charge in [-0.15, -0.1) is 0 Å². The maximum absolute atomic E-state index is 14.0. The van der Waals surface area contributed by atoms with Crippen molar-refractivity contribution in [3.05, 3.63) is 88.6 Å². The van der Waals surface area contributed by atoms with E-state index in [2.05, 4.69) is 26.6 Å². The molecule has 41 heavy (non-hydrogen) atoms. The van der Waals surface area contributed by atoms with Gasteiger partial charge in [-0.05, 0) is 36.8 Å². The normalized spacial score (nSPS) is 23.8. The van der Waals surface area contributed by atoms with Crippen LogP contribution in [0.25, 0.3) is 5.57 Å². The number of piperidine rings is 1. The molecule has 4 aliphatic heterocycles. The SMILES string of the molecule is O=C(N[C@H]1CCN(c2ccc(C3=CC(OCC(F)F)=CN4NC5NNCC5=C34)cn2)C[C@H]1O)c1c(F)cccc1F. The summed E-state index contributed by atoms with van der Waals surface area (Å²) in [6, 6.07) is 6.11. The van der Waals surface area contributed by atoms with Gasteiger partial charge in [0, 0.05) is 42.5 Å². The molecule has 0 radical (unpaired) electrons. The van der Waals surface area contributed by atoms with Crippen LogP contribution in [0.4, 0.5) is 23.4 Å². The number of amides is 1. The molecule has 1 amide bonds. The summed E-state index contributed by atoms with van der Waals surface area (Å²) in [6.45, 7) is 0.418. The zero-order valence-electron chi connectivity index (χ0n) is 21.6. The van der Waals surface area contributed by atoms with Gasteiger partial charge in [0.25, 0.3) is 12.3 Å². The van der Waals surface area contributed by atoms with Crippen molar-refractivity contribution in [3.63, 3.8) is 0 Å². The third kappa shape index (κ3) is 5.38. The minimum atomic E-state index is -2.61. The fourth-order valence-electron chi connectivity index (χ4n) is 5.36. The van der Waals surface area contributed by atoms with E-state index in [1.54, 1.807) is 29.5 Å². The second kappa shape index (κ2) is 11.1. The number of fused-ring (bicyclic) bond motifs is 2. The number of anilines is 1. The molecule has 0 spiro atoms. The molecule has 5 heterocycles. The van der Waals surface area contributed by atoms with Crippen molar-refractivity contribution in [2.75, 3.05) is 31.1 Å². The number of hydrogen-bond acceptors (Lipinski definition) is 9. The van der Waals surface area contributed by atoms with E-state index < -0.39 is 48.3 Å². The number of aliphatic hydroxyl groups excluding tert-OH is 1. The Bertz CT molecular complexity index is 1410. The minimum absolute atomic E-state index is 0.139. The summed E-state index contributed by atoms with van der Waals surface area (Å²) in [5.74, 6) is -2.01. The second-order valence-corrected chi connectivity index (χ2v) is 9.98. The Morgan fingerprint density at radius 3 is 2.73 bits per heavy atom. The van der Waals surface area contributed by atoms with Crippen LogP contribution in [0.5, 0.6) is 0 Å². The molecule has 6 rings (SSSR count). The molecule has 2 aromatic rings. The molecule has 10 nitrogen and oxygen atoms in total. The Hall–Kier alpha value is -3.98. The topological polar surface area (TPSA) is 114 Å². The maximum Gasteiger partial charge on any atom is 0.272 e. The summed E-state index contributed by atoms with van der Waals surface area (Å²) in [5.41, 5.74) is 12.1. The lowest BCUT2D eigenvalue weighted by Gasteiger charge is -2.37. The average Bonchev–Trinajstić information content (AvgIpc) is 3.54. The lowest BCUT2D eigenvalue weighted by Crippen LogP contribution is -2.54. The molecule has 14 heteroatoms. The van der Waals surface area contributed by atoms with E-state index in [1.165, 1.54) is 6.07 Å². The molecule has 0 aliphatic carbocycles. The van der Waals surface area contributed by atoms with E-state index in [4.69, 9.17) is 4.74 Å². The van der Waals surface area contributed by atoms with Crippen LogP contribution < -0.4 is 26.5 Å².